The van der Waals surface area contributed by atoms with Gasteiger partial charge in [-0.15, -0.1) is 0 Å². The van der Waals surface area contributed by atoms with Crippen LogP contribution >= 0.6 is 0 Å². The van der Waals surface area contributed by atoms with Crippen molar-refractivity contribution in [1.29, 1.82) is 0 Å². The first-order chi connectivity index (χ1) is 8.08. The SMILES string of the molecule is CCCn1ncc(OC)c1C(C)(O)CC1CC1. The molecule has 0 radical (unpaired) electrons. The number of aliphatic hydroxyl groups is 1. The van der Waals surface area contributed by atoms with Crippen molar-refractivity contribution in [3.05, 3.63) is 11.9 Å². The van der Waals surface area contributed by atoms with E-state index in [4.69, 9.17) is 4.74 Å². The largest absolute Gasteiger partial charge is 0.493 e. The minimum Gasteiger partial charge on any atom is -0.493 e. The standard InChI is InChI=1S/C13H22N2O2/c1-4-7-15-12(11(17-3)9-14-15)13(2,16)8-10-5-6-10/h9-10,16H,4-8H2,1-3H3. The van der Waals surface area contributed by atoms with Gasteiger partial charge in [-0.2, -0.15) is 5.10 Å². The molecule has 0 bridgehead atoms. The minimum absolute atomic E-state index is 0.666. The minimum atomic E-state index is -0.835. The lowest BCUT2D eigenvalue weighted by Gasteiger charge is -2.25. The van der Waals surface area contributed by atoms with Gasteiger partial charge in [-0.1, -0.05) is 19.8 Å². The van der Waals surface area contributed by atoms with Crippen LogP contribution in [0.2, 0.25) is 0 Å². The van der Waals surface area contributed by atoms with Gasteiger partial charge in [0.1, 0.15) is 11.3 Å². The molecule has 1 atom stereocenters. The summed E-state index contributed by atoms with van der Waals surface area (Å²) >= 11 is 0. The molecular weight excluding hydrogens is 216 g/mol. The molecule has 17 heavy (non-hydrogen) atoms. The second-order valence-corrected chi connectivity index (χ2v) is 5.21. The average molecular weight is 238 g/mol. The Morgan fingerprint density at radius 3 is 2.82 bits per heavy atom. The molecular formula is C13H22N2O2. The Morgan fingerprint density at radius 2 is 2.29 bits per heavy atom. The van der Waals surface area contributed by atoms with E-state index in [1.54, 1.807) is 13.3 Å². The van der Waals surface area contributed by atoms with Crippen molar-refractivity contribution in [3.8, 4) is 5.75 Å². The molecule has 1 aromatic heterocycles. The highest BCUT2D eigenvalue weighted by molar-refractivity contribution is 5.30. The lowest BCUT2D eigenvalue weighted by atomic mass is 9.94. The average Bonchev–Trinajstić information content (AvgIpc) is 2.96. The van der Waals surface area contributed by atoms with E-state index in [0.717, 1.165) is 25.1 Å². The summed E-state index contributed by atoms with van der Waals surface area (Å²) in [6.07, 6.45) is 5.98. The number of ether oxygens (including phenoxy) is 1. The van der Waals surface area contributed by atoms with E-state index in [2.05, 4.69) is 12.0 Å². The Kier molecular flexibility index (Phi) is 3.43. The monoisotopic (exact) mass is 238 g/mol. The highest BCUT2D eigenvalue weighted by atomic mass is 16.5. The molecule has 0 amide bonds. The van der Waals surface area contributed by atoms with Gasteiger partial charge in [0.25, 0.3) is 0 Å². The third-order valence-corrected chi connectivity index (χ3v) is 3.35. The van der Waals surface area contributed by atoms with Gasteiger partial charge in [0.05, 0.1) is 13.3 Å². The second-order valence-electron chi connectivity index (χ2n) is 5.21. The first-order valence-electron chi connectivity index (χ1n) is 6.41. The Bertz CT molecular complexity index is 381. The zero-order valence-corrected chi connectivity index (χ0v) is 10.9. The predicted molar refractivity (Wildman–Crippen MR) is 66.0 cm³/mol. The van der Waals surface area contributed by atoms with Gasteiger partial charge in [0.15, 0.2) is 5.75 Å². The summed E-state index contributed by atoms with van der Waals surface area (Å²) in [5.74, 6) is 1.36. The molecule has 1 N–H and O–H groups in total. The van der Waals surface area contributed by atoms with Gasteiger partial charge in [-0.05, 0) is 25.7 Å². The Labute approximate surface area is 103 Å². The number of rotatable bonds is 6. The van der Waals surface area contributed by atoms with Crippen LogP contribution in [-0.4, -0.2) is 22.0 Å². The zero-order chi connectivity index (χ0) is 12.5. The molecule has 0 aliphatic heterocycles. The summed E-state index contributed by atoms with van der Waals surface area (Å²) in [5, 5.41) is 15.0. The van der Waals surface area contributed by atoms with Crippen LogP contribution in [0.15, 0.2) is 6.20 Å². The number of aromatic nitrogens is 2. The molecule has 0 spiro atoms. The number of aryl methyl sites for hydroxylation is 1. The van der Waals surface area contributed by atoms with Crippen LogP contribution in [0.4, 0.5) is 0 Å². The number of nitrogens with zero attached hydrogens (tertiary/aromatic N) is 2. The molecule has 2 rings (SSSR count). The Morgan fingerprint density at radius 1 is 1.59 bits per heavy atom. The zero-order valence-electron chi connectivity index (χ0n) is 10.9. The van der Waals surface area contributed by atoms with Crippen LogP contribution in [0, 0.1) is 5.92 Å². The second kappa shape index (κ2) is 4.69. The van der Waals surface area contributed by atoms with Crippen molar-refractivity contribution in [3.63, 3.8) is 0 Å². The Balaban J connectivity index is 2.28. The van der Waals surface area contributed by atoms with Crippen molar-refractivity contribution in [1.82, 2.24) is 9.78 Å². The summed E-state index contributed by atoms with van der Waals surface area (Å²) in [6.45, 7) is 4.80. The van der Waals surface area contributed by atoms with Crippen LogP contribution in [0.3, 0.4) is 0 Å². The van der Waals surface area contributed by atoms with Crippen LogP contribution in [0.25, 0.3) is 0 Å². The summed E-state index contributed by atoms with van der Waals surface area (Å²) < 4.78 is 7.19. The first-order valence-corrected chi connectivity index (χ1v) is 6.41. The molecule has 1 unspecified atom stereocenters. The maximum atomic E-state index is 10.7. The summed E-state index contributed by atoms with van der Waals surface area (Å²) in [6, 6.07) is 0. The Hall–Kier alpha value is -1.03. The molecule has 1 fully saturated rings. The lowest BCUT2D eigenvalue weighted by Crippen LogP contribution is -2.27. The lowest BCUT2D eigenvalue weighted by molar-refractivity contribution is 0.0300. The highest BCUT2D eigenvalue weighted by Gasteiger charge is 2.37. The highest BCUT2D eigenvalue weighted by Crippen LogP contribution is 2.42. The number of hydrogen-bond donors (Lipinski definition) is 1. The van der Waals surface area contributed by atoms with Crippen LogP contribution < -0.4 is 4.74 Å². The van der Waals surface area contributed by atoms with Crippen molar-refractivity contribution in [2.75, 3.05) is 7.11 Å². The van der Waals surface area contributed by atoms with E-state index in [-0.39, 0.29) is 0 Å². The fraction of sp³-hybridized carbons (Fsp3) is 0.769. The van der Waals surface area contributed by atoms with Crippen LogP contribution in [0.1, 0.15) is 45.2 Å². The summed E-state index contributed by atoms with van der Waals surface area (Å²) in [5.41, 5.74) is -0.00759. The molecule has 4 heteroatoms. The molecule has 1 aliphatic rings. The van der Waals surface area contributed by atoms with E-state index < -0.39 is 5.60 Å². The molecule has 0 aromatic carbocycles. The van der Waals surface area contributed by atoms with Gasteiger partial charge in [-0.3, -0.25) is 4.68 Å². The van der Waals surface area contributed by atoms with Gasteiger partial charge in [0.2, 0.25) is 0 Å². The van der Waals surface area contributed by atoms with Crippen molar-refractivity contribution in [2.24, 2.45) is 5.92 Å². The topological polar surface area (TPSA) is 47.3 Å². The smallest absolute Gasteiger partial charge is 0.162 e. The van der Waals surface area contributed by atoms with E-state index in [9.17, 15) is 5.11 Å². The van der Waals surface area contributed by atoms with Crippen LogP contribution in [0.5, 0.6) is 5.75 Å². The molecule has 1 heterocycles. The molecule has 0 saturated heterocycles. The molecule has 4 nitrogen and oxygen atoms in total. The van der Waals surface area contributed by atoms with Gasteiger partial charge in [-0.25, -0.2) is 0 Å². The molecule has 1 aromatic rings. The maximum absolute atomic E-state index is 10.7. The molecule has 96 valence electrons. The van der Waals surface area contributed by atoms with Gasteiger partial charge >= 0.3 is 0 Å². The maximum Gasteiger partial charge on any atom is 0.162 e. The van der Waals surface area contributed by atoms with E-state index in [1.165, 1.54) is 12.8 Å². The quantitative estimate of drug-likeness (QED) is 0.827. The van der Waals surface area contributed by atoms with Crippen molar-refractivity contribution in [2.45, 2.75) is 51.7 Å². The summed E-state index contributed by atoms with van der Waals surface area (Å²) in [4.78, 5) is 0. The third-order valence-electron chi connectivity index (χ3n) is 3.35. The summed E-state index contributed by atoms with van der Waals surface area (Å²) in [7, 11) is 1.63. The van der Waals surface area contributed by atoms with E-state index in [0.29, 0.717) is 11.7 Å². The van der Waals surface area contributed by atoms with E-state index >= 15 is 0 Å². The van der Waals surface area contributed by atoms with Gasteiger partial charge in [0, 0.05) is 6.54 Å². The third kappa shape index (κ3) is 2.63. The van der Waals surface area contributed by atoms with Crippen LogP contribution in [-0.2, 0) is 12.1 Å². The van der Waals surface area contributed by atoms with E-state index in [1.807, 2.05) is 11.6 Å². The number of methoxy groups -OCH3 is 1. The van der Waals surface area contributed by atoms with Crippen molar-refractivity contribution >= 4 is 0 Å². The fourth-order valence-corrected chi connectivity index (χ4v) is 2.42. The normalized spacial score (nSPS) is 19.1. The first kappa shape index (κ1) is 12.4. The van der Waals surface area contributed by atoms with Crippen molar-refractivity contribution < 1.29 is 9.84 Å². The van der Waals surface area contributed by atoms with Gasteiger partial charge < -0.3 is 9.84 Å². The number of hydrogen-bond acceptors (Lipinski definition) is 3. The molecule has 1 saturated carbocycles. The fourth-order valence-electron chi connectivity index (χ4n) is 2.42. The molecule has 1 aliphatic carbocycles. The predicted octanol–water partition coefficient (Wildman–Crippen LogP) is 2.31.